The van der Waals surface area contributed by atoms with Gasteiger partial charge in [0.1, 0.15) is 12.4 Å². The Morgan fingerprint density at radius 2 is 1.97 bits per heavy atom. The second-order valence-electron chi connectivity index (χ2n) is 7.83. The third kappa shape index (κ3) is 4.30. The highest BCUT2D eigenvalue weighted by Crippen LogP contribution is 2.43. The summed E-state index contributed by atoms with van der Waals surface area (Å²) in [4.78, 5) is 27.5. The van der Waals surface area contributed by atoms with Crippen LogP contribution in [0.15, 0.2) is 60.2 Å². The normalized spacial score (nSPS) is 19.3. The molecule has 2 aromatic carbocycles. The van der Waals surface area contributed by atoms with Crippen LogP contribution in [0, 0.1) is 11.3 Å². The Hall–Kier alpha value is -3.79. The summed E-state index contributed by atoms with van der Waals surface area (Å²) >= 11 is 0. The van der Waals surface area contributed by atoms with Gasteiger partial charge in [0.25, 0.3) is 0 Å². The van der Waals surface area contributed by atoms with E-state index in [1.807, 2.05) is 42.5 Å². The number of methoxy groups -OCH3 is 1. The summed E-state index contributed by atoms with van der Waals surface area (Å²) in [6, 6.07) is 18.2. The molecule has 0 aromatic heterocycles. The van der Waals surface area contributed by atoms with E-state index in [1.165, 1.54) is 7.11 Å². The van der Waals surface area contributed by atoms with Crippen molar-refractivity contribution in [3.8, 4) is 11.8 Å². The Balaban J connectivity index is 1.51. The zero-order chi connectivity index (χ0) is 22.5. The molecule has 0 spiro atoms. The molecule has 2 atom stereocenters. The van der Waals surface area contributed by atoms with E-state index in [0.29, 0.717) is 37.1 Å². The Morgan fingerprint density at radius 1 is 1.16 bits per heavy atom. The van der Waals surface area contributed by atoms with Crippen molar-refractivity contribution in [2.75, 3.05) is 20.3 Å². The molecule has 164 valence electrons. The summed E-state index contributed by atoms with van der Waals surface area (Å²) in [7, 11) is 1.35. The number of fused-ring (bicyclic) bond motifs is 2. The van der Waals surface area contributed by atoms with Crippen LogP contribution in [0.5, 0.6) is 5.75 Å². The number of carbonyl (C=O) groups is 2. The third-order valence-corrected chi connectivity index (χ3v) is 5.97. The molecule has 1 fully saturated rings. The zero-order valence-corrected chi connectivity index (χ0v) is 17.9. The second kappa shape index (κ2) is 9.56. The van der Waals surface area contributed by atoms with Gasteiger partial charge in [0.05, 0.1) is 36.9 Å². The van der Waals surface area contributed by atoms with Crippen LogP contribution >= 0.6 is 0 Å². The van der Waals surface area contributed by atoms with Crippen LogP contribution in [0.4, 0.5) is 4.79 Å². The van der Waals surface area contributed by atoms with Gasteiger partial charge in [-0.3, -0.25) is 0 Å². The third-order valence-electron chi connectivity index (χ3n) is 5.97. The van der Waals surface area contributed by atoms with Gasteiger partial charge in [-0.05, 0) is 54.7 Å². The molecule has 32 heavy (non-hydrogen) atoms. The van der Waals surface area contributed by atoms with Gasteiger partial charge in [-0.25, -0.2) is 9.59 Å². The molecule has 2 aromatic rings. The molecule has 1 N–H and O–H groups in total. The lowest BCUT2D eigenvalue weighted by Gasteiger charge is -2.37. The highest BCUT2D eigenvalue weighted by atomic mass is 16.5. The van der Waals surface area contributed by atoms with Crippen molar-refractivity contribution in [3.05, 3.63) is 71.3 Å². The molecular weight excluding hydrogens is 406 g/mol. The lowest BCUT2D eigenvalue weighted by atomic mass is 9.88. The number of carbonyl (C=O) groups excluding carboxylic acids is 2. The minimum Gasteiger partial charge on any atom is -0.492 e. The van der Waals surface area contributed by atoms with E-state index in [-0.39, 0.29) is 18.1 Å². The van der Waals surface area contributed by atoms with E-state index in [9.17, 15) is 14.9 Å². The minimum atomic E-state index is -0.432. The first-order chi connectivity index (χ1) is 15.6. The van der Waals surface area contributed by atoms with E-state index in [4.69, 9.17) is 9.47 Å². The number of nitrogens with zero attached hydrogens (tertiary/aromatic N) is 2. The molecule has 0 radical (unpaired) electrons. The first-order valence-corrected chi connectivity index (χ1v) is 10.7. The topological polar surface area (TPSA) is 91.7 Å². The molecule has 2 heterocycles. The van der Waals surface area contributed by atoms with Crippen molar-refractivity contribution in [1.82, 2.24) is 10.2 Å². The van der Waals surface area contributed by atoms with E-state index >= 15 is 0 Å². The molecule has 4 rings (SSSR count). The van der Waals surface area contributed by atoms with Gasteiger partial charge in [-0.15, -0.1) is 0 Å². The van der Waals surface area contributed by atoms with Crippen LogP contribution < -0.4 is 10.1 Å². The number of rotatable bonds is 6. The monoisotopic (exact) mass is 431 g/mol. The Bertz CT molecular complexity index is 1070. The smallest absolute Gasteiger partial charge is 0.336 e. The maximum atomic E-state index is 13.0. The molecule has 0 saturated carbocycles. The van der Waals surface area contributed by atoms with Crippen LogP contribution in [-0.4, -0.2) is 49.2 Å². The van der Waals surface area contributed by atoms with Crippen molar-refractivity contribution in [2.45, 2.75) is 31.3 Å². The van der Waals surface area contributed by atoms with E-state index in [0.717, 1.165) is 23.3 Å². The molecule has 2 aliphatic heterocycles. The molecule has 2 aliphatic rings. The van der Waals surface area contributed by atoms with Crippen molar-refractivity contribution < 1.29 is 19.1 Å². The van der Waals surface area contributed by atoms with Crippen LogP contribution in [0.2, 0.25) is 0 Å². The van der Waals surface area contributed by atoms with Crippen LogP contribution in [0.25, 0.3) is 5.57 Å². The molecule has 7 nitrogen and oxygen atoms in total. The summed E-state index contributed by atoms with van der Waals surface area (Å²) in [5.74, 6) is 0.317. The maximum absolute atomic E-state index is 13.0. The van der Waals surface area contributed by atoms with Crippen LogP contribution in [0.3, 0.4) is 0 Å². The zero-order valence-electron chi connectivity index (χ0n) is 17.9. The van der Waals surface area contributed by atoms with E-state index < -0.39 is 5.97 Å². The van der Waals surface area contributed by atoms with Gasteiger partial charge < -0.3 is 19.7 Å². The first kappa shape index (κ1) is 21.4. The van der Waals surface area contributed by atoms with Gasteiger partial charge in [-0.1, -0.05) is 30.3 Å². The fourth-order valence-electron chi connectivity index (χ4n) is 4.57. The lowest BCUT2D eigenvalue weighted by molar-refractivity contribution is -0.136. The standard InChI is InChI=1S/C25H25N3O4/c1-31-24(29)23-21(18-7-5-6-17(14-18)16-26)15-19-10-11-22(23)28(19)25(30)27-12-13-32-20-8-3-2-4-9-20/h2-9,14,19,22H,10-13,15H2,1H3,(H,27,30). The van der Waals surface area contributed by atoms with Crippen molar-refractivity contribution in [1.29, 1.82) is 5.26 Å². The Morgan fingerprint density at radius 3 is 2.72 bits per heavy atom. The number of urea groups is 1. The largest absolute Gasteiger partial charge is 0.492 e. The van der Waals surface area contributed by atoms with Gasteiger partial charge >= 0.3 is 12.0 Å². The summed E-state index contributed by atoms with van der Waals surface area (Å²) in [5.41, 5.74) is 2.73. The van der Waals surface area contributed by atoms with Gasteiger partial charge in [0.15, 0.2) is 0 Å². The van der Waals surface area contributed by atoms with Crippen molar-refractivity contribution in [2.24, 2.45) is 0 Å². The first-order valence-electron chi connectivity index (χ1n) is 10.7. The second-order valence-corrected chi connectivity index (χ2v) is 7.83. The number of amides is 2. The minimum absolute atomic E-state index is 0.0100. The maximum Gasteiger partial charge on any atom is 0.336 e. The average molecular weight is 431 g/mol. The highest BCUT2D eigenvalue weighted by Gasteiger charge is 2.46. The average Bonchev–Trinajstić information content (AvgIpc) is 3.15. The molecule has 2 unspecified atom stereocenters. The summed E-state index contributed by atoms with van der Waals surface area (Å²) < 4.78 is 10.7. The lowest BCUT2D eigenvalue weighted by Crippen LogP contribution is -2.51. The number of esters is 1. The highest BCUT2D eigenvalue weighted by molar-refractivity contribution is 6.01. The SMILES string of the molecule is COC(=O)C1=C(c2cccc(C#N)c2)CC2CCC1N2C(=O)NCCOc1ccccc1. The number of nitriles is 1. The van der Waals surface area contributed by atoms with Crippen LogP contribution in [0.1, 0.15) is 30.4 Å². The van der Waals surface area contributed by atoms with E-state index in [2.05, 4.69) is 11.4 Å². The predicted molar refractivity (Wildman–Crippen MR) is 119 cm³/mol. The van der Waals surface area contributed by atoms with Gasteiger partial charge in [-0.2, -0.15) is 5.26 Å². The molecule has 1 saturated heterocycles. The molecule has 2 bridgehead atoms. The summed E-state index contributed by atoms with van der Waals surface area (Å²) in [6.45, 7) is 0.711. The van der Waals surface area contributed by atoms with Crippen molar-refractivity contribution >= 4 is 17.6 Å². The fraction of sp³-hybridized carbons (Fsp3) is 0.320. The van der Waals surface area contributed by atoms with Gasteiger partial charge in [0, 0.05) is 6.04 Å². The number of ether oxygens (including phenoxy) is 2. The predicted octanol–water partition coefficient (Wildman–Crippen LogP) is 3.51. The van der Waals surface area contributed by atoms with Crippen molar-refractivity contribution in [3.63, 3.8) is 0 Å². The number of hydrogen-bond acceptors (Lipinski definition) is 5. The van der Waals surface area contributed by atoms with Crippen LogP contribution in [-0.2, 0) is 9.53 Å². The number of hydrogen-bond donors (Lipinski definition) is 1. The van der Waals surface area contributed by atoms with E-state index in [1.54, 1.807) is 17.0 Å². The molecule has 2 amide bonds. The number of nitrogens with one attached hydrogen (secondary N) is 1. The summed E-state index contributed by atoms with van der Waals surface area (Å²) in [6.07, 6.45) is 2.05. The number of benzene rings is 2. The van der Waals surface area contributed by atoms with Gasteiger partial charge in [0.2, 0.25) is 0 Å². The Labute approximate surface area is 187 Å². The molecule has 0 aliphatic carbocycles. The fourth-order valence-corrected chi connectivity index (χ4v) is 4.57. The molecule has 7 heteroatoms. The summed E-state index contributed by atoms with van der Waals surface area (Å²) in [5, 5.41) is 12.2. The number of para-hydroxylation sites is 1. The molecular formula is C25H25N3O4. The quantitative estimate of drug-likeness (QED) is 0.558. The Kier molecular flexibility index (Phi) is 6.41.